The van der Waals surface area contributed by atoms with E-state index in [1.807, 2.05) is 49.4 Å². The molecule has 0 bridgehead atoms. The van der Waals surface area contributed by atoms with Crippen LogP contribution in [0.2, 0.25) is 0 Å². The third-order valence-electron chi connectivity index (χ3n) is 3.18. The fourth-order valence-electron chi connectivity index (χ4n) is 2.17. The number of amides is 1. The zero-order valence-corrected chi connectivity index (χ0v) is 12.6. The molecule has 21 heavy (non-hydrogen) atoms. The lowest BCUT2D eigenvalue weighted by Gasteiger charge is -2.11. The van der Waals surface area contributed by atoms with Gasteiger partial charge < -0.3 is 15.4 Å². The van der Waals surface area contributed by atoms with E-state index in [2.05, 4.69) is 10.6 Å². The van der Waals surface area contributed by atoms with Crippen LogP contribution in [0.3, 0.4) is 0 Å². The van der Waals surface area contributed by atoms with Crippen molar-refractivity contribution in [1.82, 2.24) is 0 Å². The molecule has 0 aliphatic carbocycles. The molecule has 4 heteroatoms. The van der Waals surface area contributed by atoms with Crippen LogP contribution >= 0.6 is 0 Å². The van der Waals surface area contributed by atoms with Crippen LogP contribution in [-0.2, 0) is 11.3 Å². The maximum Gasteiger partial charge on any atom is 0.257 e. The van der Waals surface area contributed by atoms with Crippen LogP contribution in [0.4, 0.5) is 11.4 Å². The fourth-order valence-corrected chi connectivity index (χ4v) is 2.17. The van der Waals surface area contributed by atoms with Gasteiger partial charge in [-0.3, -0.25) is 4.79 Å². The number of anilines is 2. The van der Waals surface area contributed by atoms with Crippen LogP contribution in [0.1, 0.15) is 21.5 Å². The Morgan fingerprint density at radius 1 is 1.19 bits per heavy atom. The first kappa shape index (κ1) is 15.1. The molecule has 0 aliphatic heterocycles. The molecule has 0 aliphatic rings. The Kier molecular flexibility index (Phi) is 4.95. The molecule has 2 rings (SSSR count). The minimum absolute atomic E-state index is 0.127. The number of aryl methyl sites for hydroxylation is 1. The average Bonchev–Trinajstić information content (AvgIpc) is 2.48. The van der Waals surface area contributed by atoms with Gasteiger partial charge in [0, 0.05) is 25.5 Å². The molecule has 2 aromatic rings. The molecule has 0 aromatic heterocycles. The second kappa shape index (κ2) is 6.90. The summed E-state index contributed by atoms with van der Waals surface area (Å²) in [6.45, 7) is 2.49. The van der Waals surface area contributed by atoms with Crippen LogP contribution < -0.4 is 10.6 Å². The number of benzene rings is 2. The summed E-state index contributed by atoms with van der Waals surface area (Å²) in [5.74, 6) is -0.127. The lowest BCUT2D eigenvalue weighted by atomic mass is 10.1. The molecule has 4 nitrogen and oxygen atoms in total. The van der Waals surface area contributed by atoms with E-state index in [9.17, 15) is 4.79 Å². The first-order chi connectivity index (χ1) is 10.1. The Morgan fingerprint density at radius 3 is 2.71 bits per heavy atom. The highest BCUT2D eigenvalue weighted by molar-refractivity contribution is 6.08. The quantitative estimate of drug-likeness (QED) is 0.884. The summed E-state index contributed by atoms with van der Waals surface area (Å²) in [6, 6.07) is 13.4. The largest absolute Gasteiger partial charge is 0.387 e. The number of ether oxygens (including phenoxy) is 1. The fraction of sp³-hybridized carbons (Fsp3) is 0.235. The molecule has 0 fully saturated rings. The molecule has 2 N–H and O–H groups in total. The molecule has 2 aromatic carbocycles. The third kappa shape index (κ3) is 3.83. The Bertz CT molecular complexity index is 638. The van der Waals surface area contributed by atoms with Crippen LogP contribution in [0, 0.1) is 6.92 Å². The van der Waals surface area contributed by atoms with Crippen LogP contribution in [-0.4, -0.2) is 20.1 Å². The van der Waals surface area contributed by atoms with Crippen LogP contribution in [0.25, 0.3) is 0 Å². The minimum Gasteiger partial charge on any atom is -0.387 e. The van der Waals surface area contributed by atoms with Crippen molar-refractivity contribution in [1.29, 1.82) is 0 Å². The second-order valence-corrected chi connectivity index (χ2v) is 4.89. The summed E-state index contributed by atoms with van der Waals surface area (Å²) in [7, 11) is 3.46. The SMILES string of the molecule is CNc1ccc(C)cc1C(=O)Nc1cccc(COC)c1. The topological polar surface area (TPSA) is 50.4 Å². The summed E-state index contributed by atoms with van der Waals surface area (Å²) < 4.78 is 5.10. The Morgan fingerprint density at radius 2 is 2.00 bits per heavy atom. The lowest BCUT2D eigenvalue weighted by Crippen LogP contribution is -2.14. The van der Waals surface area contributed by atoms with Crippen molar-refractivity contribution in [2.24, 2.45) is 0 Å². The molecule has 0 atom stereocenters. The van der Waals surface area contributed by atoms with E-state index < -0.39 is 0 Å². The lowest BCUT2D eigenvalue weighted by molar-refractivity contribution is 0.102. The molecular weight excluding hydrogens is 264 g/mol. The number of carbonyl (C=O) groups is 1. The predicted octanol–water partition coefficient (Wildman–Crippen LogP) is 3.44. The van der Waals surface area contributed by atoms with Crippen LogP contribution in [0.5, 0.6) is 0 Å². The van der Waals surface area contributed by atoms with Crippen molar-refractivity contribution in [3.05, 3.63) is 59.2 Å². The second-order valence-electron chi connectivity index (χ2n) is 4.89. The van der Waals surface area contributed by atoms with Gasteiger partial charge >= 0.3 is 0 Å². The summed E-state index contributed by atoms with van der Waals surface area (Å²) in [6.07, 6.45) is 0. The third-order valence-corrected chi connectivity index (χ3v) is 3.18. The Hall–Kier alpha value is -2.33. The summed E-state index contributed by atoms with van der Waals surface area (Å²) >= 11 is 0. The molecule has 0 spiro atoms. The van der Waals surface area contributed by atoms with Crippen molar-refractivity contribution in [2.75, 3.05) is 24.8 Å². The Labute approximate surface area is 125 Å². The molecule has 0 heterocycles. The van der Waals surface area contributed by atoms with Gasteiger partial charge in [0.25, 0.3) is 5.91 Å². The van der Waals surface area contributed by atoms with Gasteiger partial charge in [0.2, 0.25) is 0 Å². The summed E-state index contributed by atoms with van der Waals surface area (Å²) in [5, 5.41) is 5.96. The van der Waals surface area contributed by atoms with E-state index >= 15 is 0 Å². The molecule has 0 saturated carbocycles. The number of methoxy groups -OCH3 is 1. The van der Waals surface area contributed by atoms with Crippen molar-refractivity contribution in [2.45, 2.75) is 13.5 Å². The number of nitrogens with one attached hydrogen (secondary N) is 2. The first-order valence-corrected chi connectivity index (χ1v) is 6.81. The molecule has 0 radical (unpaired) electrons. The molecule has 1 amide bonds. The average molecular weight is 284 g/mol. The minimum atomic E-state index is -0.127. The van der Waals surface area contributed by atoms with E-state index in [-0.39, 0.29) is 5.91 Å². The maximum absolute atomic E-state index is 12.4. The highest BCUT2D eigenvalue weighted by Crippen LogP contribution is 2.19. The van der Waals surface area contributed by atoms with Gasteiger partial charge in [0.15, 0.2) is 0 Å². The highest BCUT2D eigenvalue weighted by Gasteiger charge is 2.11. The van der Waals surface area contributed by atoms with E-state index in [1.54, 1.807) is 14.2 Å². The molecule has 0 unspecified atom stereocenters. The van der Waals surface area contributed by atoms with E-state index in [4.69, 9.17) is 4.74 Å². The summed E-state index contributed by atoms with van der Waals surface area (Å²) in [4.78, 5) is 12.4. The molecule has 0 saturated heterocycles. The highest BCUT2D eigenvalue weighted by atomic mass is 16.5. The van der Waals surface area contributed by atoms with Gasteiger partial charge in [-0.2, -0.15) is 0 Å². The predicted molar refractivity (Wildman–Crippen MR) is 85.8 cm³/mol. The van der Waals surface area contributed by atoms with Crippen molar-refractivity contribution in [3.63, 3.8) is 0 Å². The van der Waals surface area contributed by atoms with Gasteiger partial charge in [-0.1, -0.05) is 23.8 Å². The number of hydrogen-bond acceptors (Lipinski definition) is 3. The summed E-state index contributed by atoms with van der Waals surface area (Å²) in [5.41, 5.74) is 4.28. The smallest absolute Gasteiger partial charge is 0.257 e. The standard InChI is InChI=1S/C17H20N2O2/c1-12-7-8-16(18-2)15(9-12)17(20)19-14-6-4-5-13(10-14)11-21-3/h4-10,18H,11H2,1-3H3,(H,19,20). The first-order valence-electron chi connectivity index (χ1n) is 6.81. The number of rotatable bonds is 5. The Balaban J connectivity index is 2.21. The van der Waals surface area contributed by atoms with Gasteiger partial charge in [0.05, 0.1) is 12.2 Å². The number of hydrogen-bond donors (Lipinski definition) is 2. The molecule has 110 valence electrons. The van der Waals surface area contributed by atoms with Crippen molar-refractivity contribution in [3.8, 4) is 0 Å². The van der Waals surface area contributed by atoms with Gasteiger partial charge in [0.1, 0.15) is 0 Å². The van der Waals surface area contributed by atoms with Crippen LogP contribution in [0.15, 0.2) is 42.5 Å². The van der Waals surface area contributed by atoms with E-state index in [1.165, 1.54) is 0 Å². The van der Waals surface area contributed by atoms with Gasteiger partial charge in [-0.25, -0.2) is 0 Å². The zero-order valence-electron chi connectivity index (χ0n) is 12.6. The molecular formula is C17H20N2O2. The van der Waals surface area contributed by atoms with Crippen molar-refractivity contribution >= 4 is 17.3 Å². The number of carbonyl (C=O) groups excluding carboxylic acids is 1. The normalized spacial score (nSPS) is 10.2. The van der Waals surface area contributed by atoms with Gasteiger partial charge in [-0.15, -0.1) is 0 Å². The zero-order chi connectivity index (χ0) is 15.2. The monoisotopic (exact) mass is 284 g/mol. The van der Waals surface area contributed by atoms with Gasteiger partial charge in [-0.05, 0) is 36.8 Å². The van der Waals surface area contributed by atoms with E-state index in [0.29, 0.717) is 12.2 Å². The maximum atomic E-state index is 12.4. The van der Waals surface area contributed by atoms with E-state index in [0.717, 1.165) is 22.5 Å². The van der Waals surface area contributed by atoms with Crippen molar-refractivity contribution < 1.29 is 9.53 Å².